The number of ether oxygens (including phenoxy) is 1. The second-order valence-corrected chi connectivity index (χ2v) is 8.27. The lowest BCUT2D eigenvalue weighted by molar-refractivity contribution is -0.0242. The normalized spacial score (nSPS) is 27.7. The van der Waals surface area contributed by atoms with Gasteiger partial charge in [0.1, 0.15) is 0 Å². The van der Waals surface area contributed by atoms with Crippen molar-refractivity contribution >= 4 is 5.69 Å². The molecule has 0 unspecified atom stereocenters. The van der Waals surface area contributed by atoms with E-state index in [1.807, 2.05) is 0 Å². The van der Waals surface area contributed by atoms with E-state index in [0.29, 0.717) is 6.10 Å². The smallest absolute Gasteiger partial charge is 0.202 e. The highest BCUT2D eigenvalue weighted by Crippen LogP contribution is 2.37. The van der Waals surface area contributed by atoms with Gasteiger partial charge in [-0.15, -0.1) is 0 Å². The lowest BCUT2D eigenvalue weighted by Crippen LogP contribution is -2.53. The predicted molar refractivity (Wildman–Crippen MR) is 103 cm³/mol. The van der Waals surface area contributed by atoms with E-state index in [9.17, 15) is 13.9 Å². The van der Waals surface area contributed by atoms with Gasteiger partial charge in [-0.05, 0) is 70.9 Å². The minimum atomic E-state index is -1.17. The van der Waals surface area contributed by atoms with Gasteiger partial charge in [-0.25, -0.2) is 4.39 Å². The molecule has 4 nitrogen and oxygen atoms in total. The van der Waals surface area contributed by atoms with Crippen LogP contribution in [0.3, 0.4) is 0 Å². The van der Waals surface area contributed by atoms with Gasteiger partial charge in [0.2, 0.25) is 5.82 Å². The van der Waals surface area contributed by atoms with Crippen LogP contribution in [0, 0.1) is 18.6 Å². The van der Waals surface area contributed by atoms with E-state index in [-0.39, 0.29) is 22.8 Å². The average Bonchev–Trinajstić information content (AvgIpc) is 2.67. The maximum absolute atomic E-state index is 13.8. The molecule has 1 aliphatic carbocycles. The van der Waals surface area contributed by atoms with E-state index in [2.05, 4.69) is 24.1 Å². The monoisotopic (exact) mass is 382 g/mol. The van der Waals surface area contributed by atoms with Crippen molar-refractivity contribution < 1.29 is 18.6 Å². The third kappa shape index (κ3) is 4.37. The molecule has 2 aliphatic rings. The summed E-state index contributed by atoms with van der Waals surface area (Å²) >= 11 is 0. The van der Waals surface area contributed by atoms with Crippen molar-refractivity contribution in [3.8, 4) is 5.75 Å². The van der Waals surface area contributed by atoms with Crippen LogP contribution in [0.2, 0.25) is 0 Å². The second-order valence-electron chi connectivity index (χ2n) is 8.27. The Kier molecular flexibility index (Phi) is 6.26. The summed E-state index contributed by atoms with van der Waals surface area (Å²) < 4.78 is 33.1. The van der Waals surface area contributed by atoms with Gasteiger partial charge in [0.15, 0.2) is 11.6 Å². The van der Waals surface area contributed by atoms with E-state index in [1.54, 1.807) is 0 Å². The van der Waals surface area contributed by atoms with Crippen molar-refractivity contribution in [3.05, 3.63) is 23.3 Å². The molecule has 2 N–H and O–H groups in total. The molecule has 1 heterocycles. The molecule has 27 heavy (non-hydrogen) atoms. The van der Waals surface area contributed by atoms with Crippen LogP contribution in [0.1, 0.15) is 57.9 Å². The number of piperidine rings is 1. The van der Waals surface area contributed by atoms with Gasteiger partial charge in [0.25, 0.3) is 0 Å². The molecule has 0 aromatic heterocycles. The van der Waals surface area contributed by atoms with Gasteiger partial charge < -0.3 is 15.2 Å². The Bertz CT molecular complexity index is 652. The Morgan fingerprint density at radius 3 is 2.41 bits per heavy atom. The summed E-state index contributed by atoms with van der Waals surface area (Å²) in [7, 11) is 0. The molecule has 1 aromatic carbocycles. The van der Waals surface area contributed by atoms with Crippen LogP contribution in [0.25, 0.3) is 0 Å². The topological polar surface area (TPSA) is 44.7 Å². The van der Waals surface area contributed by atoms with E-state index in [1.165, 1.54) is 13.0 Å². The fourth-order valence-electron chi connectivity index (χ4n) is 4.57. The summed E-state index contributed by atoms with van der Waals surface area (Å²) in [4.78, 5) is 2.57. The molecule has 3 rings (SSSR count). The Balaban J connectivity index is 1.55. The number of anilines is 1. The first-order valence-electron chi connectivity index (χ1n) is 10.1. The first-order valence-corrected chi connectivity index (χ1v) is 10.1. The predicted octanol–water partition coefficient (Wildman–Crippen LogP) is 4.59. The van der Waals surface area contributed by atoms with E-state index in [4.69, 9.17) is 4.74 Å². The zero-order valence-electron chi connectivity index (χ0n) is 16.7. The lowest BCUT2D eigenvalue weighted by Gasteiger charge is -2.48. The number of nitrogens with one attached hydrogen (secondary N) is 1. The Labute approximate surface area is 160 Å². The molecule has 152 valence electrons. The molecule has 1 aliphatic heterocycles. The molecular weight excluding hydrogens is 350 g/mol. The lowest BCUT2D eigenvalue weighted by atomic mass is 9.79. The summed E-state index contributed by atoms with van der Waals surface area (Å²) in [5.74, 6) is -2.78. The minimum Gasteiger partial charge on any atom is -0.503 e. The van der Waals surface area contributed by atoms with Gasteiger partial charge in [0.05, 0.1) is 11.8 Å². The summed E-state index contributed by atoms with van der Waals surface area (Å²) in [6.45, 7) is 8.64. The van der Waals surface area contributed by atoms with Crippen LogP contribution in [-0.2, 0) is 4.74 Å². The third-order valence-corrected chi connectivity index (χ3v) is 6.39. The summed E-state index contributed by atoms with van der Waals surface area (Å²) in [5.41, 5.74) is 0.705. The number of rotatable bonds is 5. The molecular formula is C21H32F2N2O2. The SMILES string of the molecule is CCO[C@H]1CC[C@](C)(N2CCC(Nc3cc(C)c(F)c(F)c3O)CC2)CC1. The summed E-state index contributed by atoms with van der Waals surface area (Å²) in [6, 6.07) is 1.64. The maximum atomic E-state index is 13.8. The number of benzene rings is 1. The number of halogens is 2. The average molecular weight is 382 g/mol. The van der Waals surface area contributed by atoms with E-state index in [0.717, 1.165) is 58.2 Å². The van der Waals surface area contributed by atoms with Gasteiger partial charge in [-0.2, -0.15) is 4.39 Å². The fourth-order valence-corrected chi connectivity index (χ4v) is 4.57. The molecule has 1 aromatic rings. The first-order chi connectivity index (χ1) is 12.8. The molecule has 1 saturated heterocycles. The van der Waals surface area contributed by atoms with Crippen LogP contribution in [0.5, 0.6) is 5.75 Å². The van der Waals surface area contributed by atoms with E-state index < -0.39 is 17.4 Å². The van der Waals surface area contributed by atoms with Crippen LogP contribution < -0.4 is 5.32 Å². The second kappa shape index (κ2) is 8.31. The van der Waals surface area contributed by atoms with Gasteiger partial charge in [-0.1, -0.05) is 0 Å². The highest BCUT2D eigenvalue weighted by molar-refractivity contribution is 5.59. The maximum Gasteiger partial charge on any atom is 0.202 e. The van der Waals surface area contributed by atoms with Crippen molar-refractivity contribution in [2.24, 2.45) is 0 Å². The van der Waals surface area contributed by atoms with Crippen LogP contribution in [0.15, 0.2) is 6.07 Å². The van der Waals surface area contributed by atoms with Crippen molar-refractivity contribution in [2.45, 2.75) is 77.0 Å². The van der Waals surface area contributed by atoms with Gasteiger partial charge in [0, 0.05) is 31.3 Å². The molecule has 1 saturated carbocycles. The zero-order valence-corrected chi connectivity index (χ0v) is 16.7. The number of hydrogen-bond donors (Lipinski definition) is 2. The van der Waals surface area contributed by atoms with E-state index >= 15 is 0 Å². The van der Waals surface area contributed by atoms with Crippen LogP contribution in [0.4, 0.5) is 14.5 Å². The number of aryl methyl sites for hydroxylation is 1. The first kappa shape index (κ1) is 20.3. The van der Waals surface area contributed by atoms with Crippen molar-refractivity contribution in [1.29, 1.82) is 0 Å². The number of phenolic OH excluding ortho intramolecular Hbond substituents is 1. The molecule has 0 atom stereocenters. The zero-order chi connectivity index (χ0) is 19.6. The Hall–Kier alpha value is -1.40. The highest BCUT2D eigenvalue weighted by Gasteiger charge is 2.38. The molecule has 6 heteroatoms. The van der Waals surface area contributed by atoms with Crippen LogP contribution >= 0.6 is 0 Å². The minimum absolute atomic E-state index is 0.153. The molecule has 2 fully saturated rings. The summed E-state index contributed by atoms with van der Waals surface area (Å²) in [6.07, 6.45) is 6.78. The highest BCUT2D eigenvalue weighted by atomic mass is 19.2. The van der Waals surface area contributed by atoms with Crippen molar-refractivity contribution in [1.82, 2.24) is 4.90 Å². The van der Waals surface area contributed by atoms with Crippen molar-refractivity contribution in [2.75, 3.05) is 25.0 Å². The number of nitrogens with zero attached hydrogens (tertiary/aromatic N) is 1. The van der Waals surface area contributed by atoms with Gasteiger partial charge in [-0.3, -0.25) is 4.90 Å². The number of phenols is 1. The summed E-state index contributed by atoms with van der Waals surface area (Å²) in [5, 5.41) is 13.1. The Morgan fingerprint density at radius 1 is 1.19 bits per heavy atom. The molecule has 0 radical (unpaired) electrons. The molecule has 0 spiro atoms. The standard InChI is InChI=1S/C21H32F2N2O2/c1-4-27-16-5-9-21(3,10-6-16)25-11-7-15(8-12-25)24-17-13-14(2)18(22)19(23)20(17)26/h13,15-16,24,26H,4-12H2,1-3H3/t16-,21-. The molecule has 0 bridgehead atoms. The number of aromatic hydroxyl groups is 1. The largest absolute Gasteiger partial charge is 0.503 e. The number of likely N-dealkylation sites (tertiary alicyclic amines) is 1. The molecule has 0 amide bonds. The third-order valence-electron chi connectivity index (χ3n) is 6.39. The van der Waals surface area contributed by atoms with Crippen LogP contribution in [-0.4, -0.2) is 47.4 Å². The Morgan fingerprint density at radius 2 is 1.81 bits per heavy atom. The fraction of sp³-hybridized carbons (Fsp3) is 0.714. The van der Waals surface area contributed by atoms with Crippen molar-refractivity contribution in [3.63, 3.8) is 0 Å². The number of hydrogen-bond acceptors (Lipinski definition) is 4. The quantitative estimate of drug-likeness (QED) is 0.731. The van der Waals surface area contributed by atoms with Gasteiger partial charge >= 0.3 is 0 Å².